The molecule has 6 rings (SSSR count). The summed E-state index contributed by atoms with van der Waals surface area (Å²) < 4.78 is 47.8. The highest BCUT2D eigenvalue weighted by atomic mass is 19.4. The molecule has 0 bridgehead atoms. The molecule has 0 saturated carbocycles. The van der Waals surface area contributed by atoms with E-state index in [1.165, 1.54) is 12.1 Å². The SMILES string of the molecule is Cc1nc2ccc(-c3ccc4c(c3)CN(C(=O)N3CCCCC3c3ccc(OC(F)(F)F)cc3)CCO4)cc2[nH]1. The molecule has 40 heavy (non-hydrogen) atoms. The number of hydrogen-bond donors (Lipinski definition) is 1. The van der Waals surface area contributed by atoms with Crippen molar-refractivity contribution in [3.8, 4) is 22.6 Å². The van der Waals surface area contributed by atoms with Gasteiger partial charge in [0.25, 0.3) is 0 Å². The standard InChI is InChI=1S/C30H29F3N4O3/c1-19-34-25-11-7-22(17-26(25)35-19)21-8-12-28-23(16-21)18-36(14-15-39-28)29(38)37-13-3-2-4-27(37)20-5-9-24(10-6-20)40-30(31,32)33/h5-12,16-17,27H,2-4,13-15,18H2,1H3,(H,34,35). The predicted octanol–water partition coefficient (Wildman–Crippen LogP) is 6.98. The fourth-order valence-corrected chi connectivity index (χ4v) is 5.63. The average Bonchev–Trinajstić information content (AvgIpc) is 3.17. The van der Waals surface area contributed by atoms with Crippen LogP contribution in [0.5, 0.6) is 11.5 Å². The number of nitrogens with zero attached hydrogens (tertiary/aromatic N) is 3. The summed E-state index contributed by atoms with van der Waals surface area (Å²) in [6, 6.07) is 17.7. The lowest BCUT2D eigenvalue weighted by molar-refractivity contribution is -0.274. The molecule has 1 atom stereocenters. The van der Waals surface area contributed by atoms with Gasteiger partial charge in [-0.2, -0.15) is 0 Å². The zero-order valence-electron chi connectivity index (χ0n) is 22.0. The van der Waals surface area contributed by atoms with Crippen LogP contribution in [-0.2, 0) is 6.54 Å². The van der Waals surface area contributed by atoms with Crippen LogP contribution in [0.25, 0.3) is 22.2 Å². The van der Waals surface area contributed by atoms with E-state index in [1.807, 2.05) is 36.1 Å². The molecule has 3 heterocycles. The van der Waals surface area contributed by atoms with Crippen LogP contribution in [-0.4, -0.2) is 51.9 Å². The van der Waals surface area contributed by atoms with Gasteiger partial charge in [0, 0.05) is 12.1 Å². The van der Waals surface area contributed by atoms with Crippen LogP contribution < -0.4 is 9.47 Å². The van der Waals surface area contributed by atoms with E-state index in [-0.39, 0.29) is 17.8 Å². The first kappa shape index (κ1) is 26.0. The quantitative estimate of drug-likeness (QED) is 0.299. The molecule has 1 N–H and O–H groups in total. The minimum atomic E-state index is -4.75. The highest BCUT2D eigenvalue weighted by Gasteiger charge is 2.33. The third kappa shape index (κ3) is 5.43. The van der Waals surface area contributed by atoms with Gasteiger partial charge in [0.15, 0.2) is 0 Å². The molecule has 2 amide bonds. The normalized spacial score (nSPS) is 17.8. The van der Waals surface area contributed by atoms with E-state index >= 15 is 0 Å². The van der Waals surface area contributed by atoms with Gasteiger partial charge < -0.3 is 24.3 Å². The number of alkyl halides is 3. The zero-order valence-corrected chi connectivity index (χ0v) is 22.0. The Morgan fingerprint density at radius 3 is 2.60 bits per heavy atom. The molecule has 1 fully saturated rings. The number of halogens is 3. The molecule has 208 valence electrons. The summed E-state index contributed by atoms with van der Waals surface area (Å²) in [4.78, 5) is 25.3. The van der Waals surface area contributed by atoms with Crippen LogP contribution in [0.2, 0.25) is 0 Å². The highest BCUT2D eigenvalue weighted by molar-refractivity contribution is 5.82. The predicted molar refractivity (Wildman–Crippen MR) is 144 cm³/mol. The number of nitrogens with one attached hydrogen (secondary N) is 1. The minimum absolute atomic E-state index is 0.100. The number of ether oxygens (including phenoxy) is 2. The van der Waals surface area contributed by atoms with Gasteiger partial charge in [-0.05, 0) is 79.3 Å². The number of aryl methyl sites for hydroxylation is 1. The van der Waals surface area contributed by atoms with Crippen LogP contribution >= 0.6 is 0 Å². The lowest BCUT2D eigenvalue weighted by atomic mass is 9.95. The molecule has 0 aliphatic carbocycles. The topological polar surface area (TPSA) is 70.7 Å². The number of piperidine rings is 1. The molecule has 3 aromatic carbocycles. The maximum Gasteiger partial charge on any atom is 0.573 e. The van der Waals surface area contributed by atoms with Gasteiger partial charge in [-0.25, -0.2) is 9.78 Å². The maximum absolute atomic E-state index is 13.9. The zero-order chi connectivity index (χ0) is 27.9. The molecule has 10 heteroatoms. The average molecular weight is 551 g/mol. The second kappa shape index (κ2) is 10.4. The Hall–Kier alpha value is -4.21. The van der Waals surface area contributed by atoms with Gasteiger partial charge >= 0.3 is 12.4 Å². The van der Waals surface area contributed by atoms with Crippen molar-refractivity contribution >= 4 is 17.1 Å². The second-order valence-corrected chi connectivity index (χ2v) is 10.3. The number of fused-ring (bicyclic) bond motifs is 2. The number of carbonyl (C=O) groups excluding carboxylic acids is 1. The number of benzene rings is 3. The summed E-state index contributed by atoms with van der Waals surface area (Å²) in [5.74, 6) is 1.34. The fraction of sp³-hybridized carbons (Fsp3) is 0.333. The number of hydrogen-bond acceptors (Lipinski definition) is 4. The number of H-pyrrole nitrogens is 1. The molecule has 4 aromatic rings. The van der Waals surface area contributed by atoms with E-state index in [2.05, 4.69) is 26.8 Å². The van der Waals surface area contributed by atoms with E-state index < -0.39 is 6.36 Å². The van der Waals surface area contributed by atoms with Gasteiger partial charge in [0.1, 0.15) is 23.9 Å². The van der Waals surface area contributed by atoms with Crippen LogP contribution in [0.3, 0.4) is 0 Å². The number of carbonyl (C=O) groups is 1. The van der Waals surface area contributed by atoms with Crippen LogP contribution in [0.1, 0.15) is 42.3 Å². The first-order valence-electron chi connectivity index (χ1n) is 13.4. The fourth-order valence-electron chi connectivity index (χ4n) is 5.63. The van der Waals surface area contributed by atoms with E-state index in [0.717, 1.165) is 64.1 Å². The molecule has 2 aliphatic heterocycles. The van der Waals surface area contributed by atoms with E-state index in [0.29, 0.717) is 26.2 Å². The van der Waals surface area contributed by atoms with Gasteiger partial charge in [-0.1, -0.05) is 24.3 Å². The van der Waals surface area contributed by atoms with Crippen molar-refractivity contribution in [2.24, 2.45) is 0 Å². The molecule has 1 unspecified atom stereocenters. The third-order valence-corrected chi connectivity index (χ3v) is 7.49. The molecular formula is C30H29F3N4O3. The molecule has 1 saturated heterocycles. The summed E-state index contributed by atoms with van der Waals surface area (Å²) in [6.45, 7) is 3.71. The molecular weight excluding hydrogens is 521 g/mol. The van der Waals surface area contributed by atoms with E-state index in [9.17, 15) is 18.0 Å². The van der Waals surface area contributed by atoms with Crippen molar-refractivity contribution in [3.05, 3.63) is 77.6 Å². The summed E-state index contributed by atoms with van der Waals surface area (Å²) in [5.41, 5.74) is 5.65. The number of aromatic nitrogens is 2. The van der Waals surface area contributed by atoms with Crippen molar-refractivity contribution in [1.82, 2.24) is 19.8 Å². The number of amides is 2. The van der Waals surface area contributed by atoms with Crippen LogP contribution in [0.15, 0.2) is 60.7 Å². The Kier molecular flexibility index (Phi) is 6.77. The number of rotatable bonds is 3. The Labute approximate surface area is 229 Å². The molecule has 0 spiro atoms. The lowest BCUT2D eigenvalue weighted by Crippen LogP contribution is -2.47. The maximum atomic E-state index is 13.9. The minimum Gasteiger partial charge on any atom is -0.491 e. The number of likely N-dealkylation sites (tertiary alicyclic amines) is 1. The monoisotopic (exact) mass is 550 g/mol. The number of urea groups is 1. The largest absolute Gasteiger partial charge is 0.573 e. The Morgan fingerprint density at radius 1 is 1.02 bits per heavy atom. The Balaban J connectivity index is 1.23. The summed E-state index contributed by atoms with van der Waals surface area (Å²) in [6.07, 6.45) is -2.20. The van der Waals surface area contributed by atoms with Crippen molar-refractivity contribution < 1.29 is 27.4 Å². The lowest BCUT2D eigenvalue weighted by Gasteiger charge is -2.39. The number of imidazole rings is 1. The summed E-state index contributed by atoms with van der Waals surface area (Å²) in [7, 11) is 0. The van der Waals surface area contributed by atoms with Gasteiger partial charge in [0.2, 0.25) is 0 Å². The van der Waals surface area contributed by atoms with Crippen molar-refractivity contribution in [3.63, 3.8) is 0 Å². The van der Waals surface area contributed by atoms with Gasteiger partial charge in [0.05, 0.1) is 30.2 Å². The molecule has 0 radical (unpaired) electrons. The smallest absolute Gasteiger partial charge is 0.491 e. The van der Waals surface area contributed by atoms with Crippen molar-refractivity contribution in [2.75, 3.05) is 19.7 Å². The molecule has 7 nitrogen and oxygen atoms in total. The first-order valence-corrected chi connectivity index (χ1v) is 13.4. The Bertz CT molecular complexity index is 1530. The van der Waals surface area contributed by atoms with Crippen molar-refractivity contribution in [1.29, 1.82) is 0 Å². The molecule has 2 aliphatic rings. The third-order valence-electron chi connectivity index (χ3n) is 7.49. The highest BCUT2D eigenvalue weighted by Crippen LogP contribution is 2.35. The second-order valence-electron chi connectivity index (χ2n) is 10.3. The van der Waals surface area contributed by atoms with Crippen molar-refractivity contribution in [2.45, 2.75) is 45.1 Å². The summed E-state index contributed by atoms with van der Waals surface area (Å²) >= 11 is 0. The van der Waals surface area contributed by atoms with Crippen LogP contribution in [0.4, 0.5) is 18.0 Å². The number of aromatic amines is 1. The van der Waals surface area contributed by atoms with Gasteiger partial charge in [-0.15, -0.1) is 13.2 Å². The summed E-state index contributed by atoms with van der Waals surface area (Å²) in [5, 5.41) is 0. The van der Waals surface area contributed by atoms with Crippen LogP contribution in [0, 0.1) is 6.92 Å². The Morgan fingerprint density at radius 2 is 1.80 bits per heavy atom. The molecule has 1 aromatic heterocycles. The van der Waals surface area contributed by atoms with E-state index in [4.69, 9.17) is 4.74 Å². The van der Waals surface area contributed by atoms with Gasteiger partial charge in [-0.3, -0.25) is 0 Å². The van der Waals surface area contributed by atoms with E-state index in [1.54, 1.807) is 17.0 Å². The first-order chi connectivity index (χ1) is 19.2.